The Morgan fingerprint density at radius 3 is 2.65 bits per heavy atom. The zero-order valence-corrected chi connectivity index (χ0v) is 13.3. The molecule has 0 fully saturated rings. The Balaban J connectivity index is 1.98. The predicted octanol–water partition coefficient (Wildman–Crippen LogP) is 1.70. The van der Waals surface area contributed by atoms with Crippen molar-refractivity contribution >= 4 is 22.8 Å². The largest absolute Gasteiger partial charge is 0.358 e. The molecular weight excluding hydrogens is 292 g/mol. The van der Waals surface area contributed by atoms with Gasteiger partial charge in [-0.25, -0.2) is 14.6 Å². The average Bonchev–Trinajstić information content (AvgIpc) is 3.00. The number of aromatic nitrogens is 4. The number of fused-ring (bicyclic) bond motifs is 1. The molecule has 2 aromatic heterocycles. The second kappa shape index (κ2) is 6.04. The minimum absolute atomic E-state index is 0.0211. The molecule has 0 radical (unpaired) electrons. The Bertz CT molecular complexity index is 827. The molecule has 0 bridgehead atoms. The van der Waals surface area contributed by atoms with Gasteiger partial charge in [0.2, 0.25) is 5.91 Å². The molecule has 0 saturated heterocycles. The summed E-state index contributed by atoms with van der Waals surface area (Å²) < 4.78 is 1.75. The van der Waals surface area contributed by atoms with E-state index in [9.17, 15) is 4.79 Å². The van der Waals surface area contributed by atoms with Gasteiger partial charge in [0.25, 0.3) is 0 Å². The molecular formula is C16H18N6O. The van der Waals surface area contributed by atoms with E-state index in [4.69, 9.17) is 0 Å². The van der Waals surface area contributed by atoms with Crippen molar-refractivity contribution in [2.24, 2.45) is 0 Å². The first kappa shape index (κ1) is 15.0. The van der Waals surface area contributed by atoms with Crippen molar-refractivity contribution in [1.29, 1.82) is 0 Å². The summed E-state index contributed by atoms with van der Waals surface area (Å²) in [4.78, 5) is 22.1. The van der Waals surface area contributed by atoms with Gasteiger partial charge in [0.15, 0.2) is 5.65 Å². The lowest BCUT2D eigenvalue weighted by Gasteiger charge is -2.18. The van der Waals surface area contributed by atoms with E-state index >= 15 is 0 Å². The van der Waals surface area contributed by atoms with Crippen LogP contribution < -0.4 is 5.32 Å². The molecule has 3 rings (SSSR count). The van der Waals surface area contributed by atoms with Gasteiger partial charge in [-0.1, -0.05) is 18.2 Å². The Morgan fingerprint density at radius 2 is 1.96 bits per heavy atom. The molecule has 1 atom stereocenters. The van der Waals surface area contributed by atoms with Crippen LogP contribution in [0.5, 0.6) is 0 Å². The maximum Gasteiger partial charge on any atom is 0.244 e. The fourth-order valence-corrected chi connectivity index (χ4v) is 2.37. The van der Waals surface area contributed by atoms with Crippen LogP contribution in [0.2, 0.25) is 0 Å². The normalized spacial score (nSPS) is 12.1. The number of hydrogen-bond donors (Lipinski definition) is 1. The smallest absolute Gasteiger partial charge is 0.244 e. The highest BCUT2D eigenvalue weighted by Gasteiger charge is 2.18. The van der Waals surface area contributed by atoms with Gasteiger partial charge in [-0.3, -0.25) is 4.79 Å². The van der Waals surface area contributed by atoms with E-state index in [1.807, 2.05) is 30.3 Å². The Morgan fingerprint density at radius 1 is 1.22 bits per heavy atom. The first-order chi connectivity index (χ1) is 11.1. The van der Waals surface area contributed by atoms with Crippen molar-refractivity contribution < 1.29 is 4.79 Å². The molecule has 7 heteroatoms. The van der Waals surface area contributed by atoms with Crippen LogP contribution >= 0.6 is 0 Å². The van der Waals surface area contributed by atoms with Crippen LogP contribution in [0.4, 0.5) is 5.82 Å². The Hall–Kier alpha value is -2.96. The van der Waals surface area contributed by atoms with Gasteiger partial charge in [0, 0.05) is 14.1 Å². The van der Waals surface area contributed by atoms with Crippen molar-refractivity contribution in [2.45, 2.75) is 13.0 Å². The van der Waals surface area contributed by atoms with Gasteiger partial charge in [0.1, 0.15) is 18.2 Å². The third kappa shape index (κ3) is 2.85. The highest BCUT2D eigenvalue weighted by atomic mass is 16.2. The molecule has 7 nitrogen and oxygen atoms in total. The maximum atomic E-state index is 12.0. The molecule has 2 heterocycles. The molecule has 0 saturated carbocycles. The molecule has 0 aliphatic rings. The van der Waals surface area contributed by atoms with E-state index in [2.05, 4.69) is 20.4 Å². The van der Waals surface area contributed by atoms with E-state index in [0.717, 1.165) is 11.1 Å². The molecule has 0 aliphatic heterocycles. The molecule has 3 aromatic rings. The van der Waals surface area contributed by atoms with Gasteiger partial charge in [-0.05, 0) is 19.1 Å². The number of carbonyl (C=O) groups is 1. The molecule has 1 amide bonds. The van der Waals surface area contributed by atoms with E-state index < -0.39 is 0 Å². The third-order valence-electron chi connectivity index (χ3n) is 3.53. The van der Waals surface area contributed by atoms with Crippen LogP contribution in [-0.4, -0.2) is 50.7 Å². The highest BCUT2D eigenvalue weighted by Crippen LogP contribution is 2.22. The lowest BCUT2D eigenvalue weighted by molar-refractivity contribution is -0.129. The lowest BCUT2D eigenvalue weighted by Crippen LogP contribution is -2.36. The maximum absolute atomic E-state index is 12.0. The second-order valence-electron chi connectivity index (χ2n) is 5.45. The van der Waals surface area contributed by atoms with Crippen LogP contribution in [0.1, 0.15) is 6.92 Å². The number of para-hydroxylation sites is 1. The van der Waals surface area contributed by atoms with Crippen molar-refractivity contribution in [3.63, 3.8) is 0 Å². The zero-order chi connectivity index (χ0) is 16.4. The molecule has 118 valence electrons. The fourth-order valence-electron chi connectivity index (χ4n) is 2.37. The number of likely N-dealkylation sites (N-methyl/N-ethyl adjacent to an activating group) is 1. The van der Waals surface area contributed by atoms with Crippen molar-refractivity contribution in [1.82, 2.24) is 24.6 Å². The summed E-state index contributed by atoms with van der Waals surface area (Å²) in [6.07, 6.45) is 3.18. The quantitative estimate of drug-likeness (QED) is 0.794. The topological polar surface area (TPSA) is 75.9 Å². The van der Waals surface area contributed by atoms with Gasteiger partial charge in [-0.2, -0.15) is 5.10 Å². The van der Waals surface area contributed by atoms with Gasteiger partial charge < -0.3 is 10.2 Å². The average molecular weight is 310 g/mol. The number of carbonyl (C=O) groups excluding carboxylic acids is 1. The van der Waals surface area contributed by atoms with E-state index in [-0.39, 0.29) is 11.9 Å². The monoisotopic (exact) mass is 310 g/mol. The Kier molecular flexibility index (Phi) is 3.92. The van der Waals surface area contributed by atoms with Crippen LogP contribution in [0.3, 0.4) is 0 Å². The molecule has 1 N–H and O–H groups in total. The number of nitrogens with one attached hydrogen (secondary N) is 1. The molecule has 23 heavy (non-hydrogen) atoms. The summed E-state index contributed by atoms with van der Waals surface area (Å²) in [6.45, 7) is 1.80. The van der Waals surface area contributed by atoms with E-state index in [1.54, 1.807) is 36.8 Å². The van der Waals surface area contributed by atoms with Crippen LogP contribution in [0, 0.1) is 0 Å². The number of benzene rings is 1. The second-order valence-corrected chi connectivity index (χ2v) is 5.45. The van der Waals surface area contributed by atoms with Gasteiger partial charge >= 0.3 is 0 Å². The molecule has 0 spiro atoms. The number of nitrogens with zero attached hydrogens (tertiary/aromatic N) is 5. The summed E-state index contributed by atoms with van der Waals surface area (Å²) in [5.41, 5.74) is 1.61. The summed E-state index contributed by atoms with van der Waals surface area (Å²) in [6, 6.07) is 9.37. The first-order valence-electron chi connectivity index (χ1n) is 7.30. The van der Waals surface area contributed by atoms with E-state index in [1.165, 1.54) is 6.33 Å². The number of hydrogen-bond acceptors (Lipinski definition) is 5. The van der Waals surface area contributed by atoms with Crippen molar-refractivity contribution in [2.75, 3.05) is 19.4 Å². The standard InChI is InChI=1S/C16H18N6O/c1-11(16(23)21(2)3)20-14-13-9-19-22(15(13)18-10-17-14)12-7-5-4-6-8-12/h4-11H,1-3H3,(H,17,18,20)/t11-/m0/s1. The van der Waals surface area contributed by atoms with E-state index in [0.29, 0.717) is 11.5 Å². The van der Waals surface area contributed by atoms with Crippen molar-refractivity contribution in [3.8, 4) is 5.69 Å². The minimum atomic E-state index is -0.386. The van der Waals surface area contributed by atoms with Crippen LogP contribution in [0.15, 0.2) is 42.9 Å². The summed E-state index contributed by atoms with van der Waals surface area (Å²) in [5.74, 6) is 0.576. The molecule has 0 unspecified atom stereocenters. The van der Waals surface area contributed by atoms with Gasteiger partial charge in [-0.15, -0.1) is 0 Å². The summed E-state index contributed by atoms with van der Waals surface area (Å²) in [7, 11) is 3.45. The summed E-state index contributed by atoms with van der Waals surface area (Å²) >= 11 is 0. The Labute approximate surface area is 134 Å². The minimum Gasteiger partial charge on any atom is -0.358 e. The first-order valence-corrected chi connectivity index (χ1v) is 7.30. The SMILES string of the molecule is C[C@H](Nc1ncnc2c1cnn2-c1ccccc1)C(=O)N(C)C. The number of amides is 1. The molecule has 1 aromatic carbocycles. The summed E-state index contributed by atoms with van der Waals surface area (Å²) in [5, 5.41) is 8.30. The highest BCUT2D eigenvalue weighted by molar-refractivity contribution is 5.90. The van der Waals surface area contributed by atoms with Crippen molar-refractivity contribution in [3.05, 3.63) is 42.9 Å². The lowest BCUT2D eigenvalue weighted by atomic mass is 10.3. The molecule has 0 aliphatic carbocycles. The van der Waals surface area contributed by atoms with Crippen LogP contribution in [0.25, 0.3) is 16.7 Å². The fraction of sp³-hybridized carbons (Fsp3) is 0.250. The third-order valence-corrected chi connectivity index (χ3v) is 3.53. The number of anilines is 1. The van der Waals surface area contributed by atoms with Gasteiger partial charge in [0.05, 0.1) is 17.3 Å². The predicted molar refractivity (Wildman–Crippen MR) is 88.4 cm³/mol. The number of rotatable bonds is 4. The zero-order valence-electron chi connectivity index (χ0n) is 13.3. The van der Waals surface area contributed by atoms with Crippen LogP contribution in [-0.2, 0) is 4.79 Å².